The first-order valence-electron chi connectivity index (χ1n) is 10.1. The van der Waals surface area contributed by atoms with Gasteiger partial charge >= 0.3 is 0 Å². The van der Waals surface area contributed by atoms with Gasteiger partial charge in [0.1, 0.15) is 7.67 Å². The molecule has 0 fully saturated rings. The van der Waals surface area contributed by atoms with Crippen molar-refractivity contribution in [2.24, 2.45) is 5.41 Å². The Balaban J connectivity index is 1.73. The molecular weight excluding hydrogens is 360 g/mol. The van der Waals surface area contributed by atoms with Gasteiger partial charge in [0.15, 0.2) is 0 Å². The molecule has 0 aliphatic rings. The predicted octanol–water partition coefficient (Wildman–Crippen LogP) is 7.25. The van der Waals surface area contributed by atoms with Gasteiger partial charge < -0.3 is 0 Å². The average molecular weight is 384 g/mol. The van der Waals surface area contributed by atoms with Crippen LogP contribution in [0.3, 0.4) is 0 Å². The smallest absolute Gasteiger partial charge is 0.116 e. The van der Waals surface area contributed by atoms with Crippen molar-refractivity contribution in [3.05, 3.63) is 72.5 Å². The van der Waals surface area contributed by atoms with Gasteiger partial charge in [-0.3, -0.25) is 0 Å². The molecule has 3 heteroatoms. The number of fused-ring (bicyclic) bond motifs is 4. The summed E-state index contributed by atoms with van der Waals surface area (Å²) in [5.74, 6) is 0. The maximum atomic E-state index is 8.19. The first kappa shape index (κ1) is 16.2. The molecule has 28 heavy (non-hydrogen) atoms. The summed E-state index contributed by atoms with van der Waals surface area (Å²) in [5.41, 5.74) is 4.35. The Labute approximate surface area is 170 Å². The molecule has 0 amide bonds. The van der Waals surface area contributed by atoms with Gasteiger partial charge in [0, 0.05) is 15.6 Å². The summed E-state index contributed by atoms with van der Waals surface area (Å²) in [6.45, 7) is 6.79. The highest BCUT2D eigenvalue weighted by atomic mass is 32.1. The van der Waals surface area contributed by atoms with Gasteiger partial charge in [-0.25, -0.2) is 9.97 Å². The summed E-state index contributed by atoms with van der Waals surface area (Å²) in [6, 6.07) is 21.3. The molecule has 138 valence electrons. The van der Waals surface area contributed by atoms with Gasteiger partial charge in [-0.05, 0) is 40.3 Å². The molecule has 0 radical (unpaired) electrons. The Morgan fingerprint density at radius 1 is 0.929 bits per heavy atom. The van der Waals surface area contributed by atoms with Crippen molar-refractivity contribution >= 4 is 42.4 Å². The predicted molar refractivity (Wildman–Crippen MR) is 121 cm³/mol. The van der Waals surface area contributed by atoms with E-state index in [2.05, 4.69) is 79.3 Å². The van der Waals surface area contributed by atoms with Crippen molar-refractivity contribution in [1.29, 1.82) is 0 Å². The summed E-state index contributed by atoms with van der Waals surface area (Å²) in [7, 11) is 0. The third-order valence-electron chi connectivity index (χ3n) is 5.02. The van der Waals surface area contributed by atoms with E-state index >= 15 is 0 Å². The number of hydrogen-bond acceptors (Lipinski definition) is 3. The molecule has 2 aromatic heterocycles. The first-order valence-corrected chi connectivity index (χ1v) is 10.4. The first-order chi connectivity index (χ1) is 13.9. The van der Waals surface area contributed by atoms with E-state index in [-0.39, 0.29) is 11.7 Å². The van der Waals surface area contributed by atoms with Crippen LogP contribution in [0, 0.1) is 5.41 Å². The van der Waals surface area contributed by atoms with Crippen molar-refractivity contribution in [2.45, 2.75) is 27.2 Å². The van der Waals surface area contributed by atoms with E-state index in [4.69, 9.17) is 1.37 Å². The molecule has 0 spiro atoms. The second kappa shape index (κ2) is 6.39. The fourth-order valence-electron chi connectivity index (χ4n) is 3.83. The maximum Gasteiger partial charge on any atom is 0.116 e. The number of benzene rings is 3. The van der Waals surface area contributed by atoms with Crippen LogP contribution in [0.1, 0.15) is 27.7 Å². The molecule has 0 aliphatic carbocycles. The highest BCUT2D eigenvalue weighted by Gasteiger charge is 2.16. The molecule has 0 aliphatic heterocycles. The Morgan fingerprint density at radius 3 is 2.57 bits per heavy atom. The van der Waals surface area contributed by atoms with Gasteiger partial charge in [0.05, 0.1) is 15.9 Å². The van der Waals surface area contributed by atoms with Crippen molar-refractivity contribution in [2.75, 3.05) is 0 Å². The second-order valence-electron chi connectivity index (χ2n) is 8.58. The highest BCUT2D eigenvalue weighted by Crippen LogP contribution is 2.39. The quantitative estimate of drug-likeness (QED) is 0.321. The molecule has 0 saturated carbocycles. The average Bonchev–Trinajstić information content (AvgIpc) is 3.03. The Hall–Kier alpha value is -2.78. The number of hydrogen-bond donors (Lipinski definition) is 0. The largest absolute Gasteiger partial charge is 0.235 e. The lowest BCUT2D eigenvalue weighted by Gasteiger charge is -2.17. The van der Waals surface area contributed by atoms with E-state index < -0.39 is 0 Å². The van der Waals surface area contributed by atoms with Crippen LogP contribution in [0.25, 0.3) is 42.3 Å². The van der Waals surface area contributed by atoms with Gasteiger partial charge in [-0.15, -0.1) is 11.3 Å². The third-order valence-corrected chi connectivity index (χ3v) is 6.17. The number of rotatable bonds is 2. The minimum absolute atomic E-state index is 0.0686. The normalized spacial score (nSPS) is 12.8. The molecule has 5 rings (SSSR count). The number of nitrogens with zero attached hydrogens (tertiary/aromatic N) is 2. The van der Waals surface area contributed by atoms with E-state index in [0.29, 0.717) is 0 Å². The molecule has 0 bridgehead atoms. The van der Waals surface area contributed by atoms with Crippen LogP contribution < -0.4 is 0 Å². The van der Waals surface area contributed by atoms with Crippen LogP contribution in [-0.4, -0.2) is 9.97 Å². The van der Waals surface area contributed by atoms with E-state index in [1.807, 2.05) is 12.1 Å². The van der Waals surface area contributed by atoms with Crippen molar-refractivity contribution < 1.29 is 1.37 Å². The standard InChI is InChI=1S/C25H22N2S/c1-25(2,3)14-16-8-11-20-21(12-16)28-24-22(26-15-27-23(20)24)19-10-9-17-6-4-5-7-18(17)13-19/h4-13,15H,14H2,1-3H3/i15D. The molecule has 5 aromatic rings. The van der Waals surface area contributed by atoms with Crippen LogP contribution in [0.15, 0.2) is 67.0 Å². The van der Waals surface area contributed by atoms with Gasteiger partial charge in [-0.1, -0.05) is 69.3 Å². The molecule has 3 aromatic carbocycles. The zero-order chi connectivity index (χ0) is 20.2. The summed E-state index contributed by atoms with van der Waals surface area (Å²) in [4.78, 5) is 9.00. The lowest BCUT2D eigenvalue weighted by molar-refractivity contribution is 0.411. The van der Waals surface area contributed by atoms with E-state index in [1.165, 1.54) is 21.0 Å². The van der Waals surface area contributed by atoms with E-state index in [0.717, 1.165) is 33.3 Å². The zero-order valence-electron chi connectivity index (χ0n) is 17.3. The van der Waals surface area contributed by atoms with Gasteiger partial charge in [0.2, 0.25) is 0 Å². The van der Waals surface area contributed by atoms with E-state index in [9.17, 15) is 0 Å². The van der Waals surface area contributed by atoms with Crippen LogP contribution >= 0.6 is 11.3 Å². The Morgan fingerprint density at radius 2 is 1.75 bits per heavy atom. The highest BCUT2D eigenvalue weighted by molar-refractivity contribution is 7.26. The summed E-state index contributed by atoms with van der Waals surface area (Å²) in [5, 5.41) is 3.49. The molecule has 0 unspecified atom stereocenters. The minimum atomic E-state index is 0.0686. The Kier molecular flexibility index (Phi) is 3.69. The molecule has 2 heterocycles. The third kappa shape index (κ3) is 3.06. The maximum absolute atomic E-state index is 8.19. The summed E-state index contributed by atoms with van der Waals surface area (Å²) < 4.78 is 10.5. The molecule has 0 saturated heterocycles. The lowest BCUT2D eigenvalue weighted by Crippen LogP contribution is -2.08. The molecule has 0 N–H and O–H groups in total. The fraction of sp³-hybridized carbons (Fsp3) is 0.200. The minimum Gasteiger partial charge on any atom is -0.235 e. The number of aromatic nitrogens is 2. The SMILES string of the molecule is [2H]c1nc(-c2ccc3ccccc3c2)c2sc3cc(CC(C)(C)C)ccc3c2n1. The van der Waals surface area contributed by atoms with Crippen LogP contribution in [0.2, 0.25) is 0 Å². The van der Waals surface area contributed by atoms with Crippen molar-refractivity contribution in [3.8, 4) is 11.3 Å². The number of thiophene rings is 1. The van der Waals surface area contributed by atoms with Crippen LogP contribution in [0.4, 0.5) is 0 Å². The van der Waals surface area contributed by atoms with Gasteiger partial charge in [-0.2, -0.15) is 0 Å². The monoisotopic (exact) mass is 383 g/mol. The summed E-state index contributed by atoms with van der Waals surface area (Å²) in [6.07, 6.45) is 1.10. The molecule has 2 nitrogen and oxygen atoms in total. The van der Waals surface area contributed by atoms with Gasteiger partial charge in [0.25, 0.3) is 0 Å². The molecule has 0 atom stereocenters. The summed E-state index contributed by atoms with van der Waals surface area (Å²) >= 11 is 1.73. The van der Waals surface area contributed by atoms with E-state index in [1.54, 1.807) is 11.3 Å². The zero-order valence-corrected chi connectivity index (χ0v) is 17.1. The van der Waals surface area contributed by atoms with Crippen LogP contribution in [0.5, 0.6) is 0 Å². The second-order valence-corrected chi connectivity index (χ2v) is 9.63. The fourth-order valence-corrected chi connectivity index (χ4v) is 5.05. The lowest BCUT2D eigenvalue weighted by atomic mass is 9.88. The Bertz CT molecular complexity index is 1380. The van der Waals surface area contributed by atoms with Crippen molar-refractivity contribution in [3.63, 3.8) is 0 Å². The van der Waals surface area contributed by atoms with Crippen LogP contribution in [-0.2, 0) is 6.42 Å². The molecular formula is C25H22N2S. The van der Waals surface area contributed by atoms with Crippen molar-refractivity contribution in [1.82, 2.24) is 9.97 Å². The topological polar surface area (TPSA) is 25.8 Å².